The summed E-state index contributed by atoms with van der Waals surface area (Å²) in [6.07, 6.45) is 6.35. The summed E-state index contributed by atoms with van der Waals surface area (Å²) in [5.74, 6) is 2.59. The number of amides is 1. The predicted molar refractivity (Wildman–Crippen MR) is 91.8 cm³/mol. The first-order valence-electron chi connectivity index (χ1n) is 9.06. The molecule has 23 heavy (non-hydrogen) atoms. The van der Waals surface area contributed by atoms with Crippen molar-refractivity contribution < 1.29 is 9.53 Å². The Labute approximate surface area is 139 Å². The molecule has 126 valence electrons. The molecule has 1 amide bonds. The first kappa shape index (κ1) is 16.5. The first-order valence-corrected chi connectivity index (χ1v) is 9.06. The summed E-state index contributed by atoms with van der Waals surface area (Å²) in [6, 6.07) is 8.30. The van der Waals surface area contributed by atoms with Crippen LogP contribution in [0.2, 0.25) is 0 Å². The summed E-state index contributed by atoms with van der Waals surface area (Å²) in [4.78, 5) is 12.2. The van der Waals surface area contributed by atoms with Gasteiger partial charge in [0.1, 0.15) is 0 Å². The number of hydrogen-bond donors (Lipinski definition) is 1. The molecule has 3 atom stereocenters. The quantitative estimate of drug-likeness (QED) is 0.824. The molecule has 0 saturated heterocycles. The molecule has 2 aliphatic rings. The van der Waals surface area contributed by atoms with Gasteiger partial charge in [0.2, 0.25) is 5.91 Å². The van der Waals surface area contributed by atoms with Gasteiger partial charge in [-0.3, -0.25) is 4.79 Å². The van der Waals surface area contributed by atoms with Crippen molar-refractivity contribution in [3.8, 4) is 0 Å². The summed E-state index contributed by atoms with van der Waals surface area (Å²) in [6.45, 7) is 5.33. The predicted octanol–water partition coefficient (Wildman–Crippen LogP) is 4.05. The number of carbonyl (C=O) groups excluding carboxylic acids is 1. The van der Waals surface area contributed by atoms with Crippen LogP contribution >= 0.6 is 0 Å². The van der Waals surface area contributed by atoms with E-state index < -0.39 is 0 Å². The van der Waals surface area contributed by atoms with Crippen LogP contribution in [0.4, 0.5) is 0 Å². The van der Waals surface area contributed by atoms with E-state index in [0.29, 0.717) is 19.1 Å². The second-order valence-corrected chi connectivity index (χ2v) is 7.60. The van der Waals surface area contributed by atoms with E-state index in [9.17, 15) is 4.79 Å². The molecule has 3 rings (SSSR count). The van der Waals surface area contributed by atoms with Gasteiger partial charge in [-0.05, 0) is 62.0 Å². The average Bonchev–Trinajstić information content (AvgIpc) is 3.14. The molecule has 0 aromatic heterocycles. The van der Waals surface area contributed by atoms with Gasteiger partial charge in [0.05, 0.1) is 12.7 Å². The molecule has 3 heteroatoms. The molecular weight excluding hydrogens is 286 g/mol. The Balaban J connectivity index is 1.44. The number of nitrogens with one attached hydrogen (secondary N) is 1. The third-order valence-electron chi connectivity index (χ3n) is 5.40. The molecule has 2 fully saturated rings. The Hall–Kier alpha value is -1.35. The summed E-state index contributed by atoms with van der Waals surface area (Å²) in [7, 11) is 0. The van der Waals surface area contributed by atoms with Crippen molar-refractivity contribution >= 4 is 5.91 Å². The molecule has 2 bridgehead atoms. The standard InChI is InChI=1S/C20H29NO2/c1-14(2)23-13-17-5-3-4-16(8-17)12-21-20(22)11-19-10-15-6-7-18(19)9-15/h3-5,8,14-15,18-19H,6-7,9-13H2,1-2H3,(H,21,22)/t15-,18-,19+/m0/s1. The normalized spacial score (nSPS) is 26.0. The zero-order valence-corrected chi connectivity index (χ0v) is 14.4. The third-order valence-corrected chi connectivity index (χ3v) is 5.40. The Kier molecular flexibility index (Phi) is 5.37. The van der Waals surface area contributed by atoms with E-state index in [2.05, 4.69) is 23.5 Å². The van der Waals surface area contributed by atoms with Gasteiger partial charge in [-0.15, -0.1) is 0 Å². The highest BCUT2D eigenvalue weighted by Gasteiger charge is 2.39. The number of carbonyl (C=O) groups is 1. The van der Waals surface area contributed by atoms with Crippen LogP contribution < -0.4 is 5.32 Å². The first-order chi connectivity index (χ1) is 11.1. The van der Waals surface area contributed by atoms with Gasteiger partial charge in [0, 0.05) is 13.0 Å². The van der Waals surface area contributed by atoms with Crippen molar-refractivity contribution in [2.75, 3.05) is 0 Å². The minimum atomic E-state index is 0.214. The van der Waals surface area contributed by atoms with E-state index in [-0.39, 0.29) is 12.0 Å². The third kappa shape index (κ3) is 4.57. The Bertz CT molecular complexity index is 540. The van der Waals surface area contributed by atoms with Crippen molar-refractivity contribution in [1.82, 2.24) is 5.32 Å². The molecule has 0 radical (unpaired) electrons. The molecule has 2 aliphatic carbocycles. The minimum absolute atomic E-state index is 0.214. The Morgan fingerprint density at radius 3 is 2.78 bits per heavy atom. The molecular formula is C20H29NO2. The van der Waals surface area contributed by atoms with Crippen LogP contribution in [0, 0.1) is 17.8 Å². The molecule has 0 aliphatic heterocycles. The lowest BCUT2D eigenvalue weighted by Crippen LogP contribution is -2.26. The van der Waals surface area contributed by atoms with E-state index in [1.165, 1.54) is 31.2 Å². The van der Waals surface area contributed by atoms with Gasteiger partial charge >= 0.3 is 0 Å². The van der Waals surface area contributed by atoms with Gasteiger partial charge in [0.15, 0.2) is 0 Å². The molecule has 0 spiro atoms. The van der Waals surface area contributed by atoms with E-state index in [1.807, 2.05) is 19.9 Å². The largest absolute Gasteiger partial charge is 0.374 e. The fraction of sp³-hybridized carbons (Fsp3) is 0.650. The van der Waals surface area contributed by atoms with E-state index >= 15 is 0 Å². The summed E-state index contributed by atoms with van der Waals surface area (Å²) < 4.78 is 5.64. The SMILES string of the molecule is CC(C)OCc1cccc(CNC(=O)C[C@H]2C[C@H]3CC[C@H]2C3)c1. The lowest BCUT2D eigenvalue weighted by molar-refractivity contribution is -0.122. The lowest BCUT2D eigenvalue weighted by Gasteiger charge is -2.20. The van der Waals surface area contributed by atoms with Crippen molar-refractivity contribution in [3.63, 3.8) is 0 Å². The van der Waals surface area contributed by atoms with Crippen molar-refractivity contribution in [3.05, 3.63) is 35.4 Å². The Morgan fingerprint density at radius 1 is 1.26 bits per heavy atom. The second-order valence-electron chi connectivity index (χ2n) is 7.60. The summed E-state index contributed by atoms with van der Waals surface area (Å²) >= 11 is 0. The maximum Gasteiger partial charge on any atom is 0.220 e. The highest BCUT2D eigenvalue weighted by Crippen LogP contribution is 2.49. The molecule has 3 nitrogen and oxygen atoms in total. The van der Waals surface area contributed by atoms with Crippen LogP contribution in [0.1, 0.15) is 57.1 Å². The van der Waals surface area contributed by atoms with Crippen LogP contribution in [-0.4, -0.2) is 12.0 Å². The van der Waals surface area contributed by atoms with Crippen LogP contribution in [0.5, 0.6) is 0 Å². The van der Waals surface area contributed by atoms with Crippen LogP contribution in [0.3, 0.4) is 0 Å². The molecule has 0 unspecified atom stereocenters. The van der Waals surface area contributed by atoms with Gasteiger partial charge in [0.25, 0.3) is 0 Å². The van der Waals surface area contributed by atoms with Gasteiger partial charge in [-0.1, -0.05) is 30.7 Å². The molecule has 2 saturated carbocycles. The molecule has 0 heterocycles. The highest BCUT2D eigenvalue weighted by atomic mass is 16.5. The van der Waals surface area contributed by atoms with Crippen molar-refractivity contribution in [2.45, 2.75) is 65.2 Å². The van der Waals surface area contributed by atoms with Crippen LogP contribution in [0.15, 0.2) is 24.3 Å². The van der Waals surface area contributed by atoms with Crippen molar-refractivity contribution in [2.24, 2.45) is 17.8 Å². The van der Waals surface area contributed by atoms with Gasteiger partial charge in [-0.25, -0.2) is 0 Å². The maximum absolute atomic E-state index is 12.2. The Morgan fingerprint density at radius 2 is 2.09 bits per heavy atom. The number of rotatable bonds is 7. The van der Waals surface area contributed by atoms with Gasteiger partial charge < -0.3 is 10.1 Å². The van der Waals surface area contributed by atoms with E-state index in [4.69, 9.17) is 4.74 Å². The van der Waals surface area contributed by atoms with Gasteiger partial charge in [-0.2, -0.15) is 0 Å². The van der Waals surface area contributed by atoms with E-state index in [1.54, 1.807) is 0 Å². The maximum atomic E-state index is 12.2. The van der Waals surface area contributed by atoms with E-state index in [0.717, 1.165) is 23.8 Å². The zero-order valence-electron chi connectivity index (χ0n) is 14.4. The minimum Gasteiger partial charge on any atom is -0.374 e. The van der Waals surface area contributed by atoms with Crippen LogP contribution in [-0.2, 0) is 22.7 Å². The highest BCUT2D eigenvalue weighted by molar-refractivity contribution is 5.76. The second kappa shape index (κ2) is 7.48. The number of ether oxygens (including phenoxy) is 1. The summed E-state index contributed by atoms with van der Waals surface area (Å²) in [5.41, 5.74) is 2.31. The smallest absolute Gasteiger partial charge is 0.220 e. The molecule has 1 aromatic rings. The lowest BCUT2D eigenvalue weighted by atomic mass is 9.86. The topological polar surface area (TPSA) is 38.3 Å². The van der Waals surface area contributed by atoms with Crippen LogP contribution in [0.25, 0.3) is 0 Å². The molecule has 1 N–H and O–H groups in total. The number of benzene rings is 1. The fourth-order valence-corrected chi connectivity index (χ4v) is 4.23. The average molecular weight is 315 g/mol. The fourth-order valence-electron chi connectivity index (χ4n) is 4.23. The van der Waals surface area contributed by atoms with Crippen molar-refractivity contribution in [1.29, 1.82) is 0 Å². The number of hydrogen-bond acceptors (Lipinski definition) is 2. The summed E-state index contributed by atoms with van der Waals surface area (Å²) in [5, 5.41) is 3.10. The number of fused-ring (bicyclic) bond motifs is 2. The zero-order chi connectivity index (χ0) is 16.2. The molecule has 1 aromatic carbocycles. The monoisotopic (exact) mass is 315 g/mol.